The number of carbonyl (C=O) groups is 1. The number of halogens is 2. The molecule has 0 bridgehead atoms. The minimum absolute atomic E-state index is 0.147. The van der Waals surface area contributed by atoms with Gasteiger partial charge in [0.25, 0.3) is 5.91 Å². The van der Waals surface area contributed by atoms with Crippen molar-refractivity contribution < 1.29 is 14.6 Å². The molecular formula is C15H12ClIN2O3. The monoisotopic (exact) mass is 430 g/mol. The summed E-state index contributed by atoms with van der Waals surface area (Å²) in [6.07, 6.45) is 1.49. The molecule has 0 radical (unpaired) electrons. The lowest BCUT2D eigenvalue weighted by Gasteiger charge is -2.04. The molecule has 0 atom stereocenters. The van der Waals surface area contributed by atoms with Crippen LogP contribution in [0.3, 0.4) is 0 Å². The van der Waals surface area contributed by atoms with Crippen molar-refractivity contribution in [2.75, 3.05) is 6.61 Å². The number of benzene rings is 2. The molecule has 2 N–H and O–H groups in total. The Morgan fingerprint density at radius 1 is 1.32 bits per heavy atom. The van der Waals surface area contributed by atoms with Crippen LogP contribution in [0.5, 0.6) is 11.5 Å². The van der Waals surface area contributed by atoms with Crippen LogP contribution in [0.25, 0.3) is 0 Å². The normalized spacial score (nSPS) is 10.6. The van der Waals surface area contributed by atoms with Gasteiger partial charge in [-0.2, -0.15) is 5.10 Å². The van der Waals surface area contributed by atoms with Crippen LogP contribution in [0.4, 0.5) is 0 Å². The predicted molar refractivity (Wildman–Crippen MR) is 93.5 cm³/mol. The number of nitrogens with zero attached hydrogens (tertiary/aromatic N) is 1. The van der Waals surface area contributed by atoms with E-state index in [4.69, 9.17) is 16.3 Å². The van der Waals surface area contributed by atoms with Gasteiger partial charge in [-0.05, 0) is 70.6 Å². The smallest absolute Gasteiger partial charge is 0.277 e. The first-order chi connectivity index (χ1) is 10.5. The van der Waals surface area contributed by atoms with Crippen LogP contribution in [-0.2, 0) is 4.79 Å². The average Bonchev–Trinajstić information content (AvgIpc) is 2.50. The van der Waals surface area contributed by atoms with Gasteiger partial charge in [-0.25, -0.2) is 5.43 Å². The number of rotatable bonds is 5. The number of hydrogen-bond acceptors (Lipinski definition) is 4. The number of nitrogens with one attached hydrogen (secondary N) is 1. The summed E-state index contributed by atoms with van der Waals surface area (Å²) < 4.78 is 5.99. The van der Waals surface area contributed by atoms with Gasteiger partial charge in [-0.1, -0.05) is 11.6 Å². The SMILES string of the molecule is O=C(COc1ccc(Cl)cc1)N/N=C\c1ccc(O)c(I)c1. The van der Waals surface area contributed by atoms with Crippen LogP contribution in [-0.4, -0.2) is 23.8 Å². The van der Waals surface area contributed by atoms with Gasteiger partial charge in [0, 0.05) is 5.02 Å². The van der Waals surface area contributed by atoms with E-state index in [1.165, 1.54) is 6.21 Å². The first-order valence-corrected chi connectivity index (χ1v) is 7.69. The van der Waals surface area contributed by atoms with E-state index in [1.54, 1.807) is 42.5 Å². The lowest BCUT2D eigenvalue weighted by molar-refractivity contribution is -0.123. The quantitative estimate of drug-likeness (QED) is 0.435. The third kappa shape index (κ3) is 5.19. The largest absolute Gasteiger partial charge is 0.507 e. The van der Waals surface area contributed by atoms with Gasteiger partial charge in [-0.3, -0.25) is 4.79 Å². The molecule has 2 aromatic carbocycles. The van der Waals surface area contributed by atoms with E-state index in [0.29, 0.717) is 14.3 Å². The summed E-state index contributed by atoms with van der Waals surface area (Å²) in [5, 5.41) is 13.8. The Morgan fingerprint density at radius 3 is 2.73 bits per heavy atom. The third-order valence-corrected chi connectivity index (χ3v) is 3.67. The molecular weight excluding hydrogens is 419 g/mol. The molecule has 0 aliphatic carbocycles. The lowest BCUT2D eigenvalue weighted by Crippen LogP contribution is -2.24. The van der Waals surface area contributed by atoms with Crippen LogP contribution in [0.1, 0.15) is 5.56 Å². The van der Waals surface area contributed by atoms with Gasteiger partial charge in [-0.15, -0.1) is 0 Å². The number of carbonyl (C=O) groups excluding carboxylic acids is 1. The second-order valence-electron chi connectivity index (χ2n) is 4.25. The van der Waals surface area contributed by atoms with E-state index in [2.05, 4.69) is 10.5 Å². The Bertz CT molecular complexity index is 690. The van der Waals surface area contributed by atoms with Crippen LogP contribution < -0.4 is 10.2 Å². The fraction of sp³-hybridized carbons (Fsp3) is 0.0667. The molecule has 2 aromatic rings. The van der Waals surface area contributed by atoms with E-state index in [0.717, 1.165) is 5.56 Å². The Balaban J connectivity index is 1.80. The molecule has 0 heterocycles. The van der Waals surface area contributed by atoms with Gasteiger partial charge in [0.2, 0.25) is 0 Å². The van der Waals surface area contributed by atoms with E-state index in [9.17, 15) is 9.90 Å². The number of hydrazone groups is 1. The molecule has 0 spiro atoms. The standard InChI is InChI=1S/C15H12ClIN2O3/c16-11-2-4-12(5-3-11)22-9-15(21)19-18-8-10-1-6-14(20)13(17)7-10/h1-8,20H,9H2,(H,19,21)/b18-8-. The number of phenols is 1. The molecule has 0 aliphatic rings. The Hall–Kier alpha value is -1.80. The molecule has 0 aromatic heterocycles. The Kier molecular flexibility index (Phi) is 6.02. The Labute approximate surface area is 146 Å². The number of phenolic OH excluding ortho intramolecular Hbond substituents is 1. The minimum Gasteiger partial charge on any atom is -0.507 e. The summed E-state index contributed by atoms with van der Waals surface area (Å²) in [7, 11) is 0. The molecule has 0 saturated heterocycles. The highest BCUT2D eigenvalue weighted by Gasteiger charge is 2.02. The van der Waals surface area contributed by atoms with Crippen LogP contribution >= 0.6 is 34.2 Å². The van der Waals surface area contributed by atoms with Crippen molar-refractivity contribution in [3.8, 4) is 11.5 Å². The summed E-state index contributed by atoms with van der Waals surface area (Å²) in [4.78, 5) is 11.6. The summed E-state index contributed by atoms with van der Waals surface area (Å²) in [5.41, 5.74) is 3.13. The highest BCUT2D eigenvalue weighted by atomic mass is 127. The molecule has 5 nitrogen and oxygen atoms in total. The zero-order chi connectivity index (χ0) is 15.9. The van der Waals surface area contributed by atoms with Crippen molar-refractivity contribution in [1.29, 1.82) is 0 Å². The van der Waals surface area contributed by atoms with Crippen LogP contribution in [0.2, 0.25) is 5.02 Å². The van der Waals surface area contributed by atoms with Gasteiger partial charge >= 0.3 is 0 Å². The van der Waals surface area contributed by atoms with Gasteiger partial charge in [0.15, 0.2) is 6.61 Å². The van der Waals surface area contributed by atoms with Crippen molar-refractivity contribution in [3.05, 3.63) is 56.6 Å². The maximum Gasteiger partial charge on any atom is 0.277 e. The summed E-state index contributed by atoms with van der Waals surface area (Å²) in [6, 6.07) is 11.7. The summed E-state index contributed by atoms with van der Waals surface area (Å²) >= 11 is 7.76. The maximum atomic E-state index is 11.6. The average molecular weight is 431 g/mol. The van der Waals surface area contributed by atoms with Crippen LogP contribution in [0.15, 0.2) is 47.6 Å². The first kappa shape index (κ1) is 16.6. The highest BCUT2D eigenvalue weighted by molar-refractivity contribution is 14.1. The molecule has 0 unspecified atom stereocenters. The van der Waals surface area contributed by atoms with Crippen molar-refractivity contribution >= 4 is 46.3 Å². The fourth-order valence-corrected chi connectivity index (χ4v) is 2.16. The lowest BCUT2D eigenvalue weighted by atomic mass is 10.2. The zero-order valence-electron chi connectivity index (χ0n) is 11.3. The second-order valence-corrected chi connectivity index (χ2v) is 5.85. The number of amides is 1. The Morgan fingerprint density at radius 2 is 2.05 bits per heavy atom. The molecule has 22 heavy (non-hydrogen) atoms. The highest BCUT2D eigenvalue weighted by Crippen LogP contribution is 2.19. The summed E-state index contributed by atoms with van der Waals surface area (Å²) in [6.45, 7) is -0.147. The molecule has 0 saturated carbocycles. The fourth-order valence-electron chi connectivity index (χ4n) is 1.49. The number of hydrogen-bond donors (Lipinski definition) is 2. The van der Waals surface area contributed by atoms with Gasteiger partial charge < -0.3 is 9.84 Å². The first-order valence-electron chi connectivity index (χ1n) is 6.23. The van der Waals surface area contributed by atoms with E-state index >= 15 is 0 Å². The van der Waals surface area contributed by atoms with Crippen molar-refractivity contribution in [1.82, 2.24) is 5.43 Å². The van der Waals surface area contributed by atoms with Crippen molar-refractivity contribution in [2.45, 2.75) is 0 Å². The molecule has 2 rings (SSSR count). The number of aromatic hydroxyl groups is 1. The van der Waals surface area contributed by atoms with Gasteiger partial charge in [0.1, 0.15) is 11.5 Å². The molecule has 1 amide bonds. The summed E-state index contributed by atoms with van der Waals surface area (Å²) in [5.74, 6) is 0.384. The molecule has 7 heteroatoms. The molecule has 114 valence electrons. The predicted octanol–water partition coefficient (Wildman–Crippen LogP) is 3.18. The third-order valence-electron chi connectivity index (χ3n) is 2.56. The van der Waals surface area contributed by atoms with E-state index < -0.39 is 0 Å². The van der Waals surface area contributed by atoms with E-state index in [1.807, 2.05) is 22.6 Å². The number of ether oxygens (including phenoxy) is 1. The van der Waals surface area contributed by atoms with Crippen LogP contribution in [0, 0.1) is 3.57 Å². The second kappa shape index (κ2) is 8.00. The minimum atomic E-state index is -0.375. The topological polar surface area (TPSA) is 70.9 Å². The molecule has 0 fully saturated rings. The van der Waals surface area contributed by atoms with Crippen molar-refractivity contribution in [3.63, 3.8) is 0 Å². The van der Waals surface area contributed by atoms with Gasteiger partial charge in [0.05, 0.1) is 9.78 Å². The zero-order valence-corrected chi connectivity index (χ0v) is 14.2. The molecule has 0 aliphatic heterocycles. The van der Waals surface area contributed by atoms with E-state index in [-0.39, 0.29) is 18.3 Å². The maximum absolute atomic E-state index is 11.6. The van der Waals surface area contributed by atoms with Crippen molar-refractivity contribution in [2.24, 2.45) is 5.10 Å².